The monoisotopic (exact) mass is 269 g/mol. The first-order valence-corrected chi connectivity index (χ1v) is 6.36. The highest BCUT2D eigenvalue weighted by Gasteiger charge is 2.23. The molecule has 1 amide bonds. The Morgan fingerprint density at radius 3 is 3.21 bits per heavy atom. The molecule has 1 aliphatic rings. The van der Waals surface area contributed by atoms with Gasteiger partial charge in [-0.25, -0.2) is 0 Å². The molecule has 3 N–H and O–H groups in total. The number of rotatable bonds is 7. The Labute approximate surface area is 111 Å². The maximum absolute atomic E-state index is 11.6. The van der Waals surface area contributed by atoms with Crippen LogP contribution in [-0.2, 0) is 16.1 Å². The molecule has 0 radical (unpaired) electrons. The van der Waals surface area contributed by atoms with Crippen LogP contribution in [0.2, 0.25) is 0 Å². The molecule has 1 fully saturated rings. The van der Waals surface area contributed by atoms with Crippen LogP contribution in [0, 0.1) is 0 Å². The smallest absolute Gasteiger partial charge is 0.316 e. The summed E-state index contributed by atoms with van der Waals surface area (Å²) < 4.78 is 10.3. The number of aromatic nitrogens is 2. The van der Waals surface area contributed by atoms with Gasteiger partial charge in [0.25, 0.3) is 0 Å². The van der Waals surface area contributed by atoms with E-state index in [1.54, 1.807) is 7.11 Å². The van der Waals surface area contributed by atoms with Crippen molar-refractivity contribution in [1.29, 1.82) is 0 Å². The van der Waals surface area contributed by atoms with Crippen molar-refractivity contribution in [1.82, 2.24) is 20.8 Å². The molecule has 0 saturated carbocycles. The summed E-state index contributed by atoms with van der Waals surface area (Å²) in [6, 6.07) is -0.00547. The largest absolute Gasteiger partial charge is 0.407 e. The highest BCUT2D eigenvalue weighted by atomic mass is 16.5. The van der Waals surface area contributed by atoms with Crippen LogP contribution in [0.3, 0.4) is 0 Å². The minimum Gasteiger partial charge on any atom is -0.407 e. The van der Waals surface area contributed by atoms with Crippen LogP contribution in [0.25, 0.3) is 0 Å². The van der Waals surface area contributed by atoms with E-state index in [9.17, 15) is 4.79 Å². The maximum Gasteiger partial charge on any atom is 0.316 e. The molecule has 106 valence electrons. The van der Waals surface area contributed by atoms with Crippen molar-refractivity contribution in [2.24, 2.45) is 0 Å². The molecular weight excluding hydrogens is 250 g/mol. The van der Waals surface area contributed by atoms with Gasteiger partial charge in [-0.3, -0.25) is 4.79 Å². The Hall–Kier alpha value is -1.67. The zero-order valence-corrected chi connectivity index (χ0v) is 10.9. The minimum absolute atomic E-state index is 0.0239. The quantitative estimate of drug-likeness (QED) is 0.573. The molecule has 1 aromatic heterocycles. The highest BCUT2D eigenvalue weighted by molar-refractivity contribution is 5.84. The number of carbonyl (C=O) groups excluding carboxylic acids is 1. The standard InChI is InChI=1S/C11H19N5O3/c1-18-6-5-12-7-9-15-16-11(19-9)14-8-3-2-4-13-10(8)17/h8,12H,2-7H2,1H3,(H,13,17)(H,14,16). The zero-order chi connectivity index (χ0) is 13.5. The second-order valence-corrected chi connectivity index (χ2v) is 4.30. The van der Waals surface area contributed by atoms with Crippen molar-refractivity contribution in [3.05, 3.63) is 5.89 Å². The zero-order valence-electron chi connectivity index (χ0n) is 10.9. The lowest BCUT2D eigenvalue weighted by atomic mass is 10.1. The fraction of sp³-hybridized carbons (Fsp3) is 0.727. The van der Waals surface area contributed by atoms with E-state index >= 15 is 0 Å². The fourth-order valence-electron chi connectivity index (χ4n) is 1.81. The Kier molecular flexibility index (Phi) is 5.10. The lowest BCUT2D eigenvalue weighted by Gasteiger charge is -2.21. The van der Waals surface area contributed by atoms with E-state index in [-0.39, 0.29) is 18.0 Å². The fourth-order valence-corrected chi connectivity index (χ4v) is 1.81. The van der Waals surface area contributed by atoms with E-state index in [1.807, 2.05) is 0 Å². The summed E-state index contributed by atoms with van der Waals surface area (Å²) in [5, 5.41) is 16.6. The van der Waals surface area contributed by atoms with Crippen molar-refractivity contribution in [2.75, 3.05) is 32.1 Å². The highest BCUT2D eigenvalue weighted by Crippen LogP contribution is 2.11. The number of carbonyl (C=O) groups is 1. The number of piperidine rings is 1. The van der Waals surface area contributed by atoms with Crippen LogP contribution in [0.1, 0.15) is 18.7 Å². The van der Waals surface area contributed by atoms with Crippen LogP contribution >= 0.6 is 0 Å². The number of hydrogen-bond acceptors (Lipinski definition) is 7. The topological polar surface area (TPSA) is 101 Å². The summed E-state index contributed by atoms with van der Waals surface area (Å²) in [6.45, 7) is 2.55. The summed E-state index contributed by atoms with van der Waals surface area (Å²) in [6.07, 6.45) is 1.72. The van der Waals surface area contributed by atoms with Gasteiger partial charge in [-0.15, -0.1) is 5.10 Å². The molecule has 8 nitrogen and oxygen atoms in total. The van der Waals surface area contributed by atoms with Gasteiger partial charge in [0.2, 0.25) is 11.8 Å². The van der Waals surface area contributed by atoms with Gasteiger partial charge in [0.05, 0.1) is 13.2 Å². The van der Waals surface area contributed by atoms with Gasteiger partial charge in [0.15, 0.2) is 0 Å². The number of hydrogen-bond donors (Lipinski definition) is 3. The molecular formula is C11H19N5O3. The first kappa shape index (κ1) is 13.8. The summed E-state index contributed by atoms with van der Waals surface area (Å²) in [4.78, 5) is 11.6. The van der Waals surface area contributed by atoms with Crippen LogP contribution in [0.5, 0.6) is 0 Å². The van der Waals surface area contributed by atoms with Crippen molar-refractivity contribution in [3.63, 3.8) is 0 Å². The van der Waals surface area contributed by atoms with Crippen LogP contribution in [0.4, 0.5) is 6.01 Å². The summed E-state index contributed by atoms with van der Waals surface area (Å²) >= 11 is 0. The molecule has 1 aromatic rings. The van der Waals surface area contributed by atoms with Gasteiger partial charge in [-0.05, 0) is 12.8 Å². The number of amides is 1. The molecule has 8 heteroatoms. The molecule has 0 bridgehead atoms. The Balaban J connectivity index is 1.78. The second kappa shape index (κ2) is 7.05. The van der Waals surface area contributed by atoms with E-state index < -0.39 is 0 Å². The van der Waals surface area contributed by atoms with Crippen LogP contribution < -0.4 is 16.0 Å². The molecule has 2 heterocycles. The predicted molar refractivity (Wildman–Crippen MR) is 67.5 cm³/mol. The predicted octanol–water partition coefficient (Wildman–Crippen LogP) is -0.504. The normalized spacial score (nSPS) is 19.2. The van der Waals surface area contributed by atoms with E-state index in [1.165, 1.54) is 0 Å². The van der Waals surface area contributed by atoms with Gasteiger partial charge in [0.1, 0.15) is 6.04 Å². The van der Waals surface area contributed by atoms with Gasteiger partial charge in [-0.1, -0.05) is 5.10 Å². The molecule has 2 rings (SSSR count). The third-order valence-electron chi connectivity index (χ3n) is 2.81. The average Bonchev–Trinajstić information content (AvgIpc) is 2.85. The Morgan fingerprint density at radius 2 is 2.42 bits per heavy atom. The van der Waals surface area contributed by atoms with E-state index in [0.29, 0.717) is 25.6 Å². The molecule has 0 spiro atoms. The van der Waals surface area contributed by atoms with Gasteiger partial charge < -0.3 is 25.1 Å². The number of anilines is 1. The minimum atomic E-state index is -0.288. The Bertz CT molecular complexity index is 409. The summed E-state index contributed by atoms with van der Waals surface area (Å²) in [5.74, 6) is 0.457. The van der Waals surface area contributed by atoms with E-state index in [4.69, 9.17) is 9.15 Å². The summed E-state index contributed by atoms with van der Waals surface area (Å²) in [7, 11) is 1.64. The lowest BCUT2D eigenvalue weighted by molar-refractivity contribution is -0.123. The Morgan fingerprint density at radius 1 is 1.53 bits per heavy atom. The van der Waals surface area contributed by atoms with Crippen molar-refractivity contribution < 1.29 is 13.9 Å². The van der Waals surface area contributed by atoms with Crippen LogP contribution in [-0.4, -0.2) is 49.0 Å². The van der Waals surface area contributed by atoms with Crippen molar-refractivity contribution >= 4 is 11.9 Å². The molecule has 0 aliphatic carbocycles. The maximum atomic E-state index is 11.6. The second-order valence-electron chi connectivity index (χ2n) is 4.30. The lowest BCUT2D eigenvalue weighted by Crippen LogP contribution is -2.44. The molecule has 19 heavy (non-hydrogen) atoms. The first-order chi connectivity index (χ1) is 9.29. The van der Waals surface area contributed by atoms with Gasteiger partial charge in [-0.2, -0.15) is 0 Å². The molecule has 1 saturated heterocycles. The first-order valence-electron chi connectivity index (χ1n) is 6.36. The molecule has 1 atom stereocenters. The van der Waals surface area contributed by atoms with Gasteiger partial charge >= 0.3 is 6.01 Å². The third kappa shape index (κ3) is 4.18. The van der Waals surface area contributed by atoms with Crippen LogP contribution in [0.15, 0.2) is 4.42 Å². The average molecular weight is 269 g/mol. The van der Waals surface area contributed by atoms with Gasteiger partial charge in [0, 0.05) is 20.2 Å². The molecule has 1 aliphatic heterocycles. The summed E-state index contributed by atoms with van der Waals surface area (Å²) in [5.41, 5.74) is 0. The number of methoxy groups -OCH3 is 1. The number of nitrogens with one attached hydrogen (secondary N) is 3. The van der Waals surface area contributed by atoms with E-state index in [0.717, 1.165) is 19.4 Å². The molecule has 1 unspecified atom stereocenters. The SMILES string of the molecule is COCCNCc1nnc(NC2CCCNC2=O)o1. The van der Waals surface area contributed by atoms with E-state index in [2.05, 4.69) is 26.1 Å². The van der Waals surface area contributed by atoms with Crippen molar-refractivity contribution in [3.8, 4) is 0 Å². The number of nitrogens with zero attached hydrogens (tertiary/aromatic N) is 2. The number of ether oxygens (including phenoxy) is 1. The molecule has 0 aromatic carbocycles. The third-order valence-corrected chi connectivity index (χ3v) is 2.81. The van der Waals surface area contributed by atoms with Crippen molar-refractivity contribution in [2.45, 2.75) is 25.4 Å².